The maximum Gasteiger partial charge on any atom is 0.277 e. The Labute approximate surface area is 113 Å². The van der Waals surface area contributed by atoms with Gasteiger partial charge in [-0.2, -0.15) is 0 Å². The molecule has 1 aromatic carbocycles. The molecule has 0 aromatic heterocycles. The highest BCUT2D eigenvalue weighted by atomic mass is 79.9. The van der Waals surface area contributed by atoms with Crippen molar-refractivity contribution in [1.82, 2.24) is 0 Å². The van der Waals surface area contributed by atoms with Crippen molar-refractivity contribution in [3.8, 4) is 0 Å². The summed E-state index contributed by atoms with van der Waals surface area (Å²) >= 11 is 3.12. The number of halogens is 1. The lowest BCUT2D eigenvalue weighted by Gasteiger charge is -2.02. The highest BCUT2D eigenvalue weighted by Gasteiger charge is 2.11. The summed E-state index contributed by atoms with van der Waals surface area (Å²) in [6.07, 6.45) is 4.45. The number of benzene rings is 1. The van der Waals surface area contributed by atoms with E-state index in [0.717, 1.165) is 5.56 Å². The zero-order chi connectivity index (χ0) is 13.1. The molecule has 1 amide bonds. The van der Waals surface area contributed by atoms with Crippen LogP contribution in [0.5, 0.6) is 0 Å². The second kappa shape index (κ2) is 5.23. The highest BCUT2D eigenvalue weighted by Crippen LogP contribution is 2.13. The van der Waals surface area contributed by atoms with Crippen LogP contribution in [-0.2, 0) is 4.79 Å². The Morgan fingerprint density at radius 1 is 1.28 bits per heavy atom. The summed E-state index contributed by atoms with van der Waals surface area (Å²) in [5.41, 5.74) is 2.01. The number of carbonyl (C=O) groups excluding carboxylic acids is 2. The highest BCUT2D eigenvalue weighted by molar-refractivity contribution is 9.12. The van der Waals surface area contributed by atoms with Crippen LogP contribution >= 0.6 is 15.9 Å². The molecule has 3 nitrogen and oxygen atoms in total. The van der Waals surface area contributed by atoms with E-state index in [9.17, 15) is 9.59 Å². The van der Waals surface area contributed by atoms with Gasteiger partial charge in [0, 0.05) is 5.56 Å². The van der Waals surface area contributed by atoms with Gasteiger partial charge in [-0.05, 0) is 53.2 Å². The van der Waals surface area contributed by atoms with E-state index in [1.807, 2.05) is 19.1 Å². The van der Waals surface area contributed by atoms with E-state index >= 15 is 0 Å². The van der Waals surface area contributed by atoms with Crippen molar-refractivity contribution in [2.45, 2.75) is 6.92 Å². The quantitative estimate of drug-likeness (QED) is 0.749. The fourth-order valence-electron chi connectivity index (χ4n) is 1.52. The van der Waals surface area contributed by atoms with Gasteiger partial charge in [-0.1, -0.05) is 17.7 Å². The molecule has 0 aliphatic heterocycles. The van der Waals surface area contributed by atoms with E-state index in [4.69, 9.17) is 0 Å². The first-order valence-corrected chi connectivity index (χ1v) is 6.15. The first-order valence-electron chi connectivity index (χ1n) is 5.35. The Balaban J connectivity index is 2.27. The van der Waals surface area contributed by atoms with Gasteiger partial charge in [0.15, 0.2) is 5.78 Å². The number of hydrogen-bond acceptors (Lipinski definition) is 2. The molecule has 0 bridgehead atoms. The number of carbonyl (C=O) groups is 2. The van der Waals surface area contributed by atoms with Crippen molar-refractivity contribution < 1.29 is 9.59 Å². The summed E-state index contributed by atoms with van der Waals surface area (Å²) in [6.45, 7) is 1.92. The molecule has 0 fully saturated rings. The lowest BCUT2D eigenvalue weighted by atomic mass is 10.1. The van der Waals surface area contributed by atoms with Gasteiger partial charge in [0.25, 0.3) is 5.91 Å². The number of hydrogen-bond donors (Lipinski definition) is 0. The number of ketones is 1. The number of rotatable bonds is 1. The summed E-state index contributed by atoms with van der Waals surface area (Å²) < 4.78 is 0.404. The number of amides is 1. The second-order valence-electron chi connectivity index (χ2n) is 3.90. The molecule has 0 N–H and O–H groups in total. The van der Waals surface area contributed by atoms with E-state index in [0.29, 0.717) is 15.8 Å². The van der Waals surface area contributed by atoms with Crippen molar-refractivity contribution in [3.63, 3.8) is 0 Å². The van der Waals surface area contributed by atoms with Crippen molar-refractivity contribution >= 4 is 33.3 Å². The molecule has 90 valence electrons. The predicted molar refractivity (Wildman–Crippen MR) is 74.1 cm³/mol. The molecule has 0 unspecified atom stereocenters. The molecule has 1 aliphatic carbocycles. The van der Waals surface area contributed by atoms with Crippen LogP contribution in [0.3, 0.4) is 0 Å². The standard InChI is InChI=1S/C14H10BrNO2/c1-9-3-2-4-10(7-9)14(18)16-11-5-6-13(17)12(15)8-11/h2-8H,1H3. The van der Waals surface area contributed by atoms with E-state index in [2.05, 4.69) is 20.9 Å². The average molecular weight is 304 g/mol. The first kappa shape index (κ1) is 12.6. The molecule has 0 spiro atoms. The Kier molecular flexibility index (Phi) is 3.67. The molecule has 0 heterocycles. The molecule has 0 radical (unpaired) electrons. The van der Waals surface area contributed by atoms with Gasteiger partial charge < -0.3 is 0 Å². The van der Waals surface area contributed by atoms with E-state index in [1.165, 1.54) is 18.2 Å². The third-order valence-electron chi connectivity index (χ3n) is 2.41. The Hall–Kier alpha value is -1.81. The largest absolute Gasteiger partial charge is 0.289 e. The maximum absolute atomic E-state index is 11.9. The van der Waals surface area contributed by atoms with Crippen LogP contribution in [0.2, 0.25) is 0 Å². The van der Waals surface area contributed by atoms with Gasteiger partial charge in [-0.25, -0.2) is 4.99 Å². The zero-order valence-electron chi connectivity index (χ0n) is 9.68. The molecule has 4 heteroatoms. The Morgan fingerprint density at radius 2 is 2.06 bits per heavy atom. The van der Waals surface area contributed by atoms with Crippen LogP contribution in [0.15, 0.2) is 52.0 Å². The van der Waals surface area contributed by atoms with Crippen molar-refractivity contribution in [3.05, 3.63) is 58.1 Å². The molecule has 1 aromatic rings. The van der Waals surface area contributed by atoms with Crippen LogP contribution in [0.1, 0.15) is 15.9 Å². The van der Waals surface area contributed by atoms with E-state index in [1.54, 1.807) is 12.1 Å². The Morgan fingerprint density at radius 3 is 2.72 bits per heavy atom. The monoisotopic (exact) mass is 303 g/mol. The van der Waals surface area contributed by atoms with Gasteiger partial charge in [-0.3, -0.25) is 9.59 Å². The lowest BCUT2D eigenvalue weighted by Crippen LogP contribution is -2.06. The molecule has 0 saturated carbocycles. The molecule has 2 rings (SSSR count). The molecule has 18 heavy (non-hydrogen) atoms. The third-order valence-corrected chi connectivity index (χ3v) is 3.03. The summed E-state index contributed by atoms with van der Waals surface area (Å²) in [5.74, 6) is -0.443. The normalized spacial score (nSPS) is 16.9. The summed E-state index contributed by atoms with van der Waals surface area (Å²) in [5, 5.41) is 0. The van der Waals surface area contributed by atoms with Crippen molar-refractivity contribution in [2.75, 3.05) is 0 Å². The van der Waals surface area contributed by atoms with Crippen LogP contribution in [0, 0.1) is 6.92 Å². The number of nitrogens with zero attached hydrogens (tertiary/aromatic N) is 1. The summed E-state index contributed by atoms with van der Waals surface area (Å²) in [7, 11) is 0. The number of aryl methyl sites for hydroxylation is 1. The maximum atomic E-state index is 11.9. The van der Waals surface area contributed by atoms with Crippen molar-refractivity contribution in [2.24, 2.45) is 4.99 Å². The lowest BCUT2D eigenvalue weighted by molar-refractivity contribution is -0.110. The predicted octanol–water partition coefficient (Wildman–Crippen LogP) is 2.99. The number of aliphatic imine (C=N–C) groups is 1. The molecule has 0 atom stereocenters. The molecule has 1 aliphatic rings. The average Bonchev–Trinajstić information content (AvgIpc) is 2.34. The minimum atomic E-state index is -0.316. The molecule has 0 saturated heterocycles. The SMILES string of the molecule is Cc1cccc(C(=O)N=C2C=CC(=O)C(Br)=C2)c1. The van der Waals surface area contributed by atoms with Crippen molar-refractivity contribution in [1.29, 1.82) is 0 Å². The van der Waals surface area contributed by atoms with Crippen LogP contribution < -0.4 is 0 Å². The van der Waals surface area contributed by atoms with Gasteiger partial charge in [0.1, 0.15) is 0 Å². The molecular formula is C14H10BrNO2. The van der Waals surface area contributed by atoms with Crippen LogP contribution in [0.4, 0.5) is 0 Å². The van der Waals surface area contributed by atoms with Gasteiger partial charge >= 0.3 is 0 Å². The molecular weight excluding hydrogens is 294 g/mol. The fourth-order valence-corrected chi connectivity index (χ4v) is 1.89. The van der Waals surface area contributed by atoms with Crippen LogP contribution in [0.25, 0.3) is 0 Å². The van der Waals surface area contributed by atoms with Gasteiger partial charge in [0.05, 0.1) is 10.2 Å². The smallest absolute Gasteiger partial charge is 0.277 e. The topological polar surface area (TPSA) is 46.5 Å². The Bertz CT molecular complexity index is 612. The zero-order valence-corrected chi connectivity index (χ0v) is 11.3. The van der Waals surface area contributed by atoms with E-state index in [-0.39, 0.29) is 11.7 Å². The fraction of sp³-hybridized carbons (Fsp3) is 0.0714. The summed E-state index contributed by atoms with van der Waals surface area (Å²) in [4.78, 5) is 27.1. The first-order chi connectivity index (χ1) is 8.56. The van der Waals surface area contributed by atoms with Gasteiger partial charge in [0.2, 0.25) is 0 Å². The number of allylic oxidation sites excluding steroid dienone is 4. The third kappa shape index (κ3) is 2.90. The van der Waals surface area contributed by atoms with Gasteiger partial charge in [-0.15, -0.1) is 0 Å². The summed E-state index contributed by atoms with van der Waals surface area (Å²) in [6, 6.07) is 7.23. The van der Waals surface area contributed by atoms with Crippen LogP contribution in [-0.4, -0.2) is 17.4 Å². The minimum absolute atomic E-state index is 0.128. The van der Waals surface area contributed by atoms with E-state index < -0.39 is 0 Å². The second-order valence-corrected chi connectivity index (χ2v) is 4.76. The minimum Gasteiger partial charge on any atom is -0.289 e.